The van der Waals surface area contributed by atoms with Gasteiger partial charge in [0.1, 0.15) is 5.82 Å². The fourth-order valence-electron chi connectivity index (χ4n) is 2.99. The maximum Gasteiger partial charge on any atom is 0.251 e. The fraction of sp³-hybridized carbons (Fsp3) is 0.333. The minimum atomic E-state index is -0.190. The molecule has 0 saturated heterocycles. The molecule has 26 heavy (non-hydrogen) atoms. The van der Waals surface area contributed by atoms with Crippen molar-refractivity contribution in [2.45, 2.75) is 33.4 Å². The summed E-state index contributed by atoms with van der Waals surface area (Å²) in [6.07, 6.45) is 0. The number of hydrogen-bond acceptors (Lipinski definition) is 3. The molecule has 1 amide bonds. The maximum atomic E-state index is 12.5. The van der Waals surface area contributed by atoms with Crippen molar-refractivity contribution in [2.24, 2.45) is 0 Å². The number of imidazole rings is 1. The van der Waals surface area contributed by atoms with Gasteiger partial charge in [0.15, 0.2) is 0 Å². The highest BCUT2D eigenvalue weighted by Crippen LogP contribution is 2.16. The Balaban J connectivity index is 1.65. The number of carbonyl (C=O) groups excluding carboxylic acids is 1. The van der Waals surface area contributed by atoms with E-state index in [1.807, 2.05) is 55.5 Å². The molecular formula is C21H26N4O. The molecule has 0 radical (unpaired) electrons. The second-order valence-corrected chi connectivity index (χ2v) is 6.49. The number of carbonyl (C=O) groups is 1. The number of benzene rings is 2. The maximum absolute atomic E-state index is 12.5. The van der Waals surface area contributed by atoms with Crippen molar-refractivity contribution in [3.05, 3.63) is 65.5 Å². The molecule has 1 heterocycles. The van der Waals surface area contributed by atoms with Crippen LogP contribution in [0.5, 0.6) is 0 Å². The zero-order valence-electron chi connectivity index (χ0n) is 15.6. The summed E-state index contributed by atoms with van der Waals surface area (Å²) in [5.74, 6) is 0.671. The highest BCUT2D eigenvalue weighted by molar-refractivity contribution is 5.94. The van der Waals surface area contributed by atoms with Crippen molar-refractivity contribution in [3.8, 4) is 0 Å². The molecule has 3 rings (SSSR count). The third-order valence-corrected chi connectivity index (χ3v) is 4.68. The van der Waals surface area contributed by atoms with Gasteiger partial charge in [-0.1, -0.05) is 38.1 Å². The third kappa shape index (κ3) is 4.11. The number of para-hydroxylation sites is 2. The van der Waals surface area contributed by atoms with Crippen LogP contribution in [-0.4, -0.2) is 33.9 Å². The molecule has 0 aliphatic heterocycles. The Labute approximate surface area is 154 Å². The smallest absolute Gasteiger partial charge is 0.251 e. The van der Waals surface area contributed by atoms with Gasteiger partial charge in [0.2, 0.25) is 0 Å². The Morgan fingerprint density at radius 1 is 1.12 bits per heavy atom. The quantitative estimate of drug-likeness (QED) is 0.679. The van der Waals surface area contributed by atoms with Gasteiger partial charge in [0.05, 0.1) is 17.1 Å². The number of aromatic amines is 1. The van der Waals surface area contributed by atoms with E-state index in [9.17, 15) is 4.79 Å². The summed E-state index contributed by atoms with van der Waals surface area (Å²) in [6.45, 7) is 9.20. The molecule has 1 aromatic heterocycles. The van der Waals surface area contributed by atoms with Gasteiger partial charge >= 0.3 is 0 Å². The normalized spacial score (nSPS) is 12.5. The van der Waals surface area contributed by atoms with E-state index in [1.54, 1.807) is 0 Å². The molecule has 2 aromatic carbocycles. The van der Waals surface area contributed by atoms with Crippen molar-refractivity contribution in [3.63, 3.8) is 0 Å². The average molecular weight is 350 g/mol. The van der Waals surface area contributed by atoms with Gasteiger partial charge in [-0.05, 0) is 49.8 Å². The van der Waals surface area contributed by atoms with Crippen molar-refractivity contribution >= 4 is 16.9 Å². The Morgan fingerprint density at radius 3 is 2.46 bits per heavy atom. The van der Waals surface area contributed by atoms with Crippen LogP contribution in [0.1, 0.15) is 48.6 Å². The van der Waals surface area contributed by atoms with E-state index in [0.29, 0.717) is 5.56 Å². The van der Waals surface area contributed by atoms with Gasteiger partial charge < -0.3 is 10.3 Å². The van der Waals surface area contributed by atoms with E-state index in [0.717, 1.165) is 36.5 Å². The van der Waals surface area contributed by atoms with E-state index >= 15 is 0 Å². The highest BCUT2D eigenvalue weighted by atomic mass is 16.1. The molecule has 3 aromatic rings. The largest absolute Gasteiger partial charge is 0.342 e. The molecule has 1 atom stereocenters. The lowest BCUT2D eigenvalue weighted by Gasteiger charge is -2.18. The summed E-state index contributed by atoms with van der Waals surface area (Å²) in [4.78, 5) is 22.7. The van der Waals surface area contributed by atoms with E-state index < -0.39 is 0 Å². The van der Waals surface area contributed by atoms with Crippen molar-refractivity contribution in [1.82, 2.24) is 20.2 Å². The minimum Gasteiger partial charge on any atom is -0.342 e. The Kier molecular flexibility index (Phi) is 5.68. The number of fused-ring (bicyclic) bond motifs is 1. The molecule has 0 aliphatic rings. The Morgan fingerprint density at radius 2 is 1.81 bits per heavy atom. The van der Waals surface area contributed by atoms with Gasteiger partial charge in [-0.25, -0.2) is 4.98 Å². The molecule has 0 aliphatic carbocycles. The van der Waals surface area contributed by atoms with Crippen LogP contribution in [0.25, 0.3) is 11.0 Å². The van der Waals surface area contributed by atoms with Crippen LogP contribution in [0.4, 0.5) is 0 Å². The lowest BCUT2D eigenvalue weighted by Crippen LogP contribution is -2.27. The average Bonchev–Trinajstić information content (AvgIpc) is 3.11. The summed E-state index contributed by atoms with van der Waals surface area (Å²) in [5.41, 5.74) is 3.76. The lowest BCUT2D eigenvalue weighted by molar-refractivity contribution is 0.0938. The summed E-state index contributed by atoms with van der Waals surface area (Å²) >= 11 is 0. The number of hydrogen-bond donors (Lipinski definition) is 2. The molecule has 0 spiro atoms. The lowest BCUT2D eigenvalue weighted by atomic mass is 10.1. The number of amides is 1. The van der Waals surface area contributed by atoms with Gasteiger partial charge in [-0.3, -0.25) is 9.69 Å². The van der Waals surface area contributed by atoms with E-state index in [2.05, 4.69) is 34.0 Å². The zero-order chi connectivity index (χ0) is 18.5. The molecule has 5 nitrogen and oxygen atoms in total. The number of H-pyrrole nitrogens is 1. The van der Waals surface area contributed by atoms with Crippen molar-refractivity contribution in [2.75, 3.05) is 13.1 Å². The first-order chi connectivity index (χ1) is 12.6. The summed E-state index contributed by atoms with van der Waals surface area (Å²) in [6, 6.07) is 15.5. The second kappa shape index (κ2) is 8.15. The monoisotopic (exact) mass is 350 g/mol. The number of rotatable bonds is 7. The van der Waals surface area contributed by atoms with E-state index in [1.165, 1.54) is 5.56 Å². The predicted octanol–water partition coefficient (Wildman–Crippen LogP) is 3.90. The Bertz CT molecular complexity index is 832. The highest BCUT2D eigenvalue weighted by Gasteiger charge is 2.15. The summed E-state index contributed by atoms with van der Waals surface area (Å²) in [5, 5.41) is 3.01. The molecule has 5 heteroatoms. The van der Waals surface area contributed by atoms with Crippen molar-refractivity contribution < 1.29 is 4.79 Å². The summed E-state index contributed by atoms with van der Waals surface area (Å²) < 4.78 is 0. The van der Waals surface area contributed by atoms with Crippen LogP contribution in [0.2, 0.25) is 0 Å². The predicted molar refractivity (Wildman–Crippen MR) is 105 cm³/mol. The van der Waals surface area contributed by atoms with Crippen LogP contribution >= 0.6 is 0 Å². The van der Waals surface area contributed by atoms with Gasteiger partial charge in [-0.15, -0.1) is 0 Å². The fourth-order valence-corrected chi connectivity index (χ4v) is 2.99. The second-order valence-electron chi connectivity index (χ2n) is 6.49. The number of nitrogens with zero attached hydrogens (tertiary/aromatic N) is 2. The van der Waals surface area contributed by atoms with E-state index in [4.69, 9.17) is 0 Å². The van der Waals surface area contributed by atoms with Crippen LogP contribution in [0, 0.1) is 0 Å². The van der Waals surface area contributed by atoms with Crippen LogP contribution in [0.3, 0.4) is 0 Å². The minimum absolute atomic E-state index is 0.0904. The van der Waals surface area contributed by atoms with Gasteiger partial charge in [0, 0.05) is 12.1 Å². The molecule has 0 fully saturated rings. The SMILES string of the molecule is CCN(CC)Cc1ccc(C(=O)NC(C)c2nc3ccccc3[nH]2)cc1. The standard InChI is InChI=1S/C21H26N4O/c1-4-25(5-2)14-16-10-12-17(13-11-16)21(26)22-15(3)20-23-18-8-6-7-9-19(18)24-20/h6-13,15H,4-5,14H2,1-3H3,(H,22,26)(H,23,24). The zero-order valence-corrected chi connectivity index (χ0v) is 15.6. The number of nitrogens with one attached hydrogen (secondary N) is 2. The first-order valence-corrected chi connectivity index (χ1v) is 9.17. The first-order valence-electron chi connectivity index (χ1n) is 9.17. The molecular weight excluding hydrogens is 324 g/mol. The summed E-state index contributed by atoms with van der Waals surface area (Å²) in [7, 11) is 0. The van der Waals surface area contributed by atoms with E-state index in [-0.39, 0.29) is 11.9 Å². The number of aromatic nitrogens is 2. The topological polar surface area (TPSA) is 61.0 Å². The van der Waals surface area contributed by atoms with Crippen LogP contribution in [-0.2, 0) is 6.54 Å². The third-order valence-electron chi connectivity index (χ3n) is 4.68. The van der Waals surface area contributed by atoms with Crippen LogP contribution in [0.15, 0.2) is 48.5 Å². The Hall–Kier alpha value is -2.66. The molecule has 1 unspecified atom stereocenters. The first kappa shape index (κ1) is 18.1. The van der Waals surface area contributed by atoms with Gasteiger partial charge in [-0.2, -0.15) is 0 Å². The van der Waals surface area contributed by atoms with Crippen molar-refractivity contribution in [1.29, 1.82) is 0 Å². The molecule has 2 N–H and O–H groups in total. The van der Waals surface area contributed by atoms with Gasteiger partial charge in [0.25, 0.3) is 5.91 Å². The molecule has 136 valence electrons. The molecule has 0 bridgehead atoms. The van der Waals surface area contributed by atoms with Crippen LogP contribution < -0.4 is 5.32 Å². The molecule has 0 saturated carbocycles.